The largest absolute Gasteiger partial charge is 0.508 e. The Bertz CT molecular complexity index is 492. The van der Waals surface area contributed by atoms with Crippen LogP contribution in [0.15, 0.2) is 18.2 Å². The molecule has 0 atom stereocenters. The van der Waals surface area contributed by atoms with Crippen LogP contribution in [0.5, 0.6) is 5.75 Å². The van der Waals surface area contributed by atoms with Crippen LogP contribution in [0, 0.1) is 12.8 Å². The van der Waals surface area contributed by atoms with Crippen molar-refractivity contribution in [3.63, 3.8) is 0 Å². The third-order valence-electron chi connectivity index (χ3n) is 2.63. The molecule has 0 spiro atoms. The van der Waals surface area contributed by atoms with E-state index in [4.69, 9.17) is 0 Å². The number of phenolic OH excluding ortho intramolecular Hbond substituents is 1. The second-order valence-corrected chi connectivity index (χ2v) is 6.10. The van der Waals surface area contributed by atoms with E-state index in [-0.39, 0.29) is 11.5 Å². The molecule has 1 saturated carbocycles. The van der Waals surface area contributed by atoms with Gasteiger partial charge in [-0.2, -0.15) is 0 Å². The molecule has 0 unspecified atom stereocenters. The van der Waals surface area contributed by atoms with Crippen LogP contribution in [0.25, 0.3) is 0 Å². The SMILES string of the molecule is Cc1ccc(NS(=O)(=O)CC2CC2)cc1O. The van der Waals surface area contributed by atoms with Gasteiger partial charge in [0.1, 0.15) is 5.75 Å². The molecule has 5 heteroatoms. The van der Waals surface area contributed by atoms with Gasteiger partial charge in [0.2, 0.25) is 10.0 Å². The molecule has 0 bridgehead atoms. The van der Waals surface area contributed by atoms with Gasteiger partial charge in [-0.05, 0) is 37.3 Å². The molecule has 1 aromatic rings. The Morgan fingerprint density at radius 3 is 2.69 bits per heavy atom. The van der Waals surface area contributed by atoms with Gasteiger partial charge in [0.15, 0.2) is 0 Å². The van der Waals surface area contributed by atoms with E-state index in [1.165, 1.54) is 6.07 Å². The summed E-state index contributed by atoms with van der Waals surface area (Å²) < 4.78 is 25.8. The van der Waals surface area contributed by atoms with Crippen molar-refractivity contribution < 1.29 is 13.5 Å². The summed E-state index contributed by atoms with van der Waals surface area (Å²) in [4.78, 5) is 0. The van der Waals surface area contributed by atoms with Crippen molar-refractivity contribution in [2.75, 3.05) is 10.5 Å². The minimum absolute atomic E-state index is 0.103. The maximum Gasteiger partial charge on any atom is 0.232 e. The molecule has 4 nitrogen and oxygen atoms in total. The van der Waals surface area contributed by atoms with Crippen molar-refractivity contribution >= 4 is 15.7 Å². The van der Waals surface area contributed by atoms with Crippen LogP contribution in [0.1, 0.15) is 18.4 Å². The Hall–Kier alpha value is -1.23. The van der Waals surface area contributed by atoms with Crippen LogP contribution >= 0.6 is 0 Å². The van der Waals surface area contributed by atoms with Gasteiger partial charge in [0.25, 0.3) is 0 Å². The first-order chi connectivity index (χ1) is 7.46. The fraction of sp³-hybridized carbons (Fsp3) is 0.455. The van der Waals surface area contributed by atoms with Crippen LogP contribution in [-0.4, -0.2) is 19.3 Å². The fourth-order valence-electron chi connectivity index (χ4n) is 1.49. The lowest BCUT2D eigenvalue weighted by Gasteiger charge is -2.08. The minimum Gasteiger partial charge on any atom is -0.508 e. The zero-order valence-electron chi connectivity index (χ0n) is 9.10. The lowest BCUT2D eigenvalue weighted by atomic mass is 10.2. The van der Waals surface area contributed by atoms with E-state index >= 15 is 0 Å². The monoisotopic (exact) mass is 241 g/mol. The van der Waals surface area contributed by atoms with Crippen LogP contribution < -0.4 is 4.72 Å². The lowest BCUT2D eigenvalue weighted by molar-refractivity contribution is 0.471. The summed E-state index contributed by atoms with van der Waals surface area (Å²) >= 11 is 0. The molecule has 1 aromatic carbocycles. The number of hydrogen-bond donors (Lipinski definition) is 2. The molecule has 1 fully saturated rings. The normalized spacial score (nSPS) is 16.1. The van der Waals surface area contributed by atoms with Gasteiger partial charge in [0.05, 0.1) is 11.4 Å². The van der Waals surface area contributed by atoms with Crippen LogP contribution in [-0.2, 0) is 10.0 Å². The number of benzene rings is 1. The third-order valence-corrected chi connectivity index (χ3v) is 4.09. The molecule has 88 valence electrons. The van der Waals surface area contributed by atoms with E-state index in [1.54, 1.807) is 19.1 Å². The van der Waals surface area contributed by atoms with Gasteiger partial charge in [-0.15, -0.1) is 0 Å². The number of rotatable bonds is 4. The number of aryl methyl sites for hydroxylation is 1. The second-order valence-electron chi connectivity index (χ2n) is 4.33. The molecular formula is C11H15NO3S. The first kappa shape index (κ1) is 11.3. The Balaban J connectivity index is 2.10. The van der Waals surface area contributed by atoms with Crippen LogP contribution in [0.2, 0.25) is 0 Å². The summed E-state index contributed by atoms with van der Waals surface area (Å²) in [6.45, 7) is 1.76. The van der Waals surface area contributed by atoms with E-state index in [0.29, 0.717) is 11.6 Å². The van der Waals surface area contributed by atoms with E-state index < -0.39 is 10.0 Å². The molecule has 2 N–H and O–H groups in total. The van der Waals surface area contributed by atoms with Gasteiger partial charge in [0, 0.05) is 6.07 Å². The smallest absolute Gasteiger partial charge is 0.232 e. The molecule has 2 rings (SSSR count). The van der Waals surface area contributed by atoms with Crippen LogP contribution in [0.4, 0.5) is 5.69 Å². The molecule has 0 heterocycles. The molecule has 0 amide bonds. The number of anilines is 1. The Morgan fingerprint density at radius 2 is 2.12 bits per heavy atom. The number of phenols is 1. The van der Waals surface area contributed by atoms with Crippen molar-refractivity contribution in [1.29, 1.82) is 0 Å². The maximum absolute atomic E-state index is 11.7. The van der Waals surface area contributed by atoms with E-state index in [9.17, 15) is 13.5 Å². The van der Waals surface area contributed by atoms with E-state index in [0.717, 1.165) is 18.4 Å². The van der Waals surface area contributed by atoms with E-state index in [2.05, 4.69) is 4.72 Å². The number of aromatic hydroxyl groups is 1. The van der Waals surface area contributed by atoms with Crippen molar-refractivity contribution in [3.8, 4) is 5.75 Å². The summed E-state index contributed by atoms with van der Waals surface area (Å²) in [6.07, 6.45) is 2.00. The number of sulfonamides is 1. The third kappa shape index (κ3) is 2.88. The predicted molar refractivity (Wildman–Crippen MR) is 63.0 cm³/mol. The van der Waals surface area contributed by atoms with Gasteiger partial charge in [-0.3, -0.25) is 4.72 Å². The first-order valence-electron chi connectivity index (χ1n) is 5.26. The molecule has 1 aliphatic carbocycles. The summed E-state index contributed by atoms with van der Waals surface area (Å²) in [5.41, 5.74) is 1.15. The number of nitrogens with one attached hydrogen (secondary N) is 1. The lowest BCUT2D eigenvalue weighted by Crippen LogP contribution is -2.17. The zero-order chi connectivity index (χ0) is 11.8. The van der Waals surface area contributed by atoms with Gasteiger partial charge in [-0.1, -0.05) is 6.07 Å². The predicted octanol–water partition coefficient (Wildman–Crippen LogP) is 1.85. The van der Waals surface area contributed by atoms with Crippen LogP contribution in [0.3, 0.4) is 0 Å². The average molecular weight is 241 g/mol. The highest BCUT2D eigenvalue weighted by Crippen LogP contribution is 2.31. The Labute approximate surface area is 95.4 Å². The fourth-order valence-corrected chi connectivity index (χ4v) is 3.01. The molecule has 0 aromatic heterocycles. The summed E-state index contributed by atoms with van der Waals surface area (Å²) in [5.74, 6) is 0.602. The summed E-state index contributed by atoms with van der Waals surface area (Å²) in [7, 11) is -3.26. The Kier molecular flexibility index (Phi) is 2.80. The first-order valence-corrected chi connectivity index (χ1v) is 6.91. The molecule has 16 heavy (non-hydrogen) atoms. The maximum atomic E-state index is 11.7. The molecule has 0 aliphatic heterocycles. The highest BCUT2D eigenvalue weighted by Gasteiger charge is 2.27. The zero-order valence-corrected chi connectivity index (χ0v) is 9.92. The minimum atomic E-state index is -3.26. The average Bonchev–Trinajstić information content (AvgIpc) is 2.94. The molecule has 0 saturated heterocycles. The standard InChI is InChI=1S/C11H15NO3S/c1-8-2-5-10(6-11(8)13)12-16(14,15)7-9-3-4-9/h2,5-6,9,12-13H,3-4,7H2,1H3. The number of hydrogen-bond acceptors (Lipinski definition) is 3. The molecule has 1 aliphatic rings. The summed E-state index contributed by atoms with van der Waals surface area (Å²) in [6, 6.07) is 4.77. The summed E-state index contributed by atoms with van der Waals surface area (Å²) in [5, 5.41) is 9.46. The second kappa shape index (κ2) is 3.97. The van der Waals surface area contributed by atoms with Gasteiger partial charge < -0.3 is 5.11 Å². The van der Waals surface area contributed by atoms with Gasteiger partial charge >= 0.3 is 0 Å². The van der Waals surface area contributed by atoms with Crippen molar-refractivity contribution in [2.45, 2.75) is 19.8 Å². The molecule has 0 radical (unpaired) electrons. The van der Waals surface area contributed by atoms with Gasteiger partial charge in [-0.25, -0.2) is 8.42 Å². The van der Waals surface area contributed by atoms with Crippen molar-refractivity contribution in [3.05, 3.63) is 23.8 Å². The quantitative estimate of drug-likeness (QED) is 0.845. The highest BCUT2D eigenvalue weighted by atomic mass is 32.2. The topological polar surface area (TPSA) is 66.4 Å². The van der Waals surface area contributed by atoms with Crippen molar-refractivity contribution in [2.24, 2.45) is 5.92 Å². The van der Waals surface area contributed by atoms with E-state index in [1.807, 2.05) is 0 Å². The van der Waals surface area contributed by atoms with Crippen molar-refractivity contribution in [1.82, 2.24) is 0 Å². The highest BCUT2D eigenvalue weighted by molar-refractivity contribution is 7.92. The Morgan fingerprint density at radius 1 is 1.44 bits per heavy atom. The molecular weight excluding hydrogens is 226 g/mol.